The van der Waals surface area contributed by atoms with E-state index in [2.05, 4.69) is 10.6 Å². The fourth-order valence-electron chi connectivity index (χ4n) is 1.93. The normalized spacial score (nSPS) is 18.2. The van der Waals surface area contributed by atoms with E-state index < -0.39 is 5.60 Å². The molecule has 1 saturated heterocycles. The molecule has 1 amide bonds. The summed E-state index contributed by atoms with van der Waals surface area (Å²) in [4.78, 5) is 11.7. The summed E-state index contributed by atoms with van der Waals surface area (Å²) in [6.45, 7) is 11.9. The molecule has 0 atom stereocenters. The molecule has 0 bridgehead atoms. The van der Waals surface area contributed by atoms with E-state index in [-0.39, 0.29) is 11.6 Å². The second kappa shape index (κ2) is 6.57. The third kappa shape index (κ3) is 7.38. The predicted octanol–water partition coefficient (Wildman–Crippen LogP) is 2.06. The van der Waals surface area contributed by atoms with Gasteiger partial charge in [-0.2, -0.15) is 0 Å². The third-order valence-corrected chi connectivity index (χ3v) is 2.89. The summed E-state index contributed by atoms with van der Waals surface area (Å²) >= 11 is 0. The average molecular weight is 272 g/mol. The summed E-state index contributed by atoms with van der Waals surface area (Å²) < 4.78 is 10.6. The van der Waals surface area contributed by atoms with Gasteiger partial charge in [0.2, 0.25) is 0 Å². The molecule has 1 fully saturated rings. The molecule has 0 aromatic carbocycles. The van der Waals surface area contributed by atoms with Gasteiger partial charge in [0.05, 0.1) is 5.54 Å². The molecule has 5 heteroatoms. The first-order valence-corrected chi connectivity index (χ1v) is 7.00. The standard InChI is InChI=1S/C14H28N2O3/c1-13(2,3)19-12(17)16-14(4,5)10-15-11-6-8-18-9-7-11/h11,15H,6-10H2,1-5H3,(H,16,17). The fraction of sp³-hybridized carbons (Fsp3) is 0.929. The van der Waals surface area contributed by atoms with Crippen LogP contribution in [-0.2, 0) is 9.47 Å². The largest absolute Gasteiger partial charge is 0.444 e. The third-order valence-electron chi connectivity index (χ3n) is 2.89. The van der Waals surface area contributed by atoms with E-state index in [1.165, 1.54) is 0 Å². The Morgan fingerprint density at radius 2 is 1.79 bits per heavy atom. The molecule has 0 aliphatic carbocycles. The molecule has 5 nitrogen and oxygen atoms in total. The number of hydrogen-bond acceptors (Lipinski definition) is 4. The molecule has 0 unspecified atom stereocenters. The van der Waals surface area contributed by atoms with Gasteiger partial charge in [0.1, 0.15) is 5.60 Å². The predicted molar refractivity (Wildman–Crippen MR) is 75.3 cm³/mol. The quantitative estimate of drug-likeness (QED) is 0.822. The minimum atomic E-state index is -0.464. The van der Waals surface area contributed by atoms with Crippen molar-refractivity contribution in [2.24, 2.45) is 0 Å². The lowest BCUT2D eigenvalue weighted by Crippen LogP contribution is -2.53. The van der Waals surface area contributed by atoms with Crippen molar-refractivity contribution in [3.8, 4) is 0 Å². The van der Waals surface area contributed by atoms with Crippen LogP contribution in [0.15, 0.2) is 0 Å². The molecule has 2 N–H and O–H groups in total. The van der Waals surface area contributed by atoms with Crippen LogP contribution in [-0.4, -0.2) is 43.0 Å². The van der Waals surface area contributed by atoms with E-state index in [1.54, 1.807) is 0 Å². The number of nitrogens with one attached hydrogen (secondary N) is 2. The molecule has 112 valence electrons. The van der Waals surface area contributed by atoms with Gasteiger partial charge in [-0.1, -0.05) is 0 Å². The molecule has 1 aliphatic heterocycles. The Morgan fingerprint density at radius 3 is 2.32 bits per heavy atom. The Morgan fingerprint density at radius 1 is 1.21 bits per heavy atom. The summed E-state index contributed by atoms with van der Waals surface area (Å²) in [6.07, 6.45) is 1.69. The lowest BCUT2D eigenvalue weighted by molar-refractivity contribution is 0.0460. The lowest BCUT2D eigenvalue weighted by atomic mass is 10.0. The van der Waals surface area contributed by atoms with Gasteiger partial charge in [-0.25, -0.2) is 4.79 Å². The van der Waals surface area contributed by atoms with Gasteiger partial charge in [0, 0.05) is 25.8 Å². The van der Waals surface area contributed by atoms with Crippen molar-refractivity contribution in [1.29, 1.82) is 0 Å². The summed E-state index contributed by atoms with van der Waals surface area (Å²) in [7, 11) is 0. The number of amides is 1. The van der Waals surface area contributed by atoms with Crippen LogP contribution in [0.5, 0.6) is 0 Å². The van der Waals surface area contributed by atoms with Crippen molar-refractivity contribution in [2.45, 2.75) is 64.6 Å². The number of alkyl carbamates (subject to hydrolysis) is 1. The second-order valence-electron chi connectivity index (χ2n) is 6.78. The SMILES string of the molecule is CC(C)(CNC1CCOCC1)NC(=O)OC(C)(C)C. The molecule has 1 heterocycles. The van der Waals surface area contributed by atoms with Crippen LogP contribution in [0.3, 0.4) is 0 Å². The van der Waals surface area contributed by atoms with Gasteiger partial charge in [0.25, 0.3) is 0 Å². The first-order valence-electron chi connectivity index (χ1n) is 7.00. The van der Waals surface area contributed by atoms with Gasteiger partial charge in [0.15, 0.2) is 0 Å². The van der Waals surface area contributed by atoms with Crippen LogP contribution in [0.1, 0.15) is 47.5 Å². The maximum absolute atomic E-state index is 11.7. The highest BCUT2D eigenvalue weighted by molar-refractivity contribution is 5.68. The van der Waals surface area contributed by atoms with Gasteiger partial charge in [-0.3, -0.25) is 0 Å². The lowest BCUT2D eigenvalue weighted by Gasteiger charge is -2.31. The molecule has 0 radical (unpaired) electrons. The summed E-state index contributed by atoms with van der Waals surface area (Å²) in [6, 6.07) is 0.480. The van der Waals surface area contributed by atoms with Crippen LogP contribution >= 0.6 is 0 Å². The number of ether oxygens (including phenoxy) is 2. The minimum absolute atomic E-state index is 0.333. The molecule has 0 spiro atoms. The van der Waals surface area contributed by atoms with Crippen molar-refractivity contribution in [3.05, 3.63) is 0 Å². The zero-order chi connectivity index (χ0) is 14.5. The monoisotopic (exact) mass is 272 g/mol. The average Bonchev–Trinajstić information content (AvgIpc) is 2.24. The van der Waals surface area contributed by atoms with Crippen molar-refractivity contribution < 1.29 is 14.3 Å². The second-order valence-corrected chi connectivity index (χ2v) is 6.78. The Bertz CT molecular complexity index is 292. The Hall–Kier alpha value is -0.810. The van der Waals surface area contributed by atoms with Crippen molar-refractivity contribution >= 4 is 6.09 Å². The van der Waals surface area contributed by atoms with Crippen LogP contribution in [0, 0.1) is 0 Å². The van der Waals surface area contributed by atoms with Crippen molar-refractivity contribution in [2.75, 3.05) is 19.8 Å². The van der Waals surface area contributed by atoms with E-state index in [9.17, 15) is 4.79 Å². The first-order chi connectivity index (χ1) is 8.68. The van der Waals surface area contributed by atoms with E-state index in [0.717, 1.165) is 32.6 Å². The van der Waals surface area contributed by atoms with Crippen molar-refractivity contribution in [1.82, 2.24) is 10.6 Å². The molecular formula is C14H28N2O3. The highest BCUT2D eigenvalue weighted by atomic mass is 16.6. The van der Waals surface area contributed by atoms with Gasteiger partial charge in [-0.15, -0.1) is 0 Å². The number of rotatable bonds is 4. The maximum atomic E-state index is 11.7. The summed E-state index contributed by atoms with van der Waals surface area (Å²) in [5.41, 5.74) is -0.797. The molecular weight excluding hydrogens is 244 g/mol. The molecule has 0 aromatic heterocycles. The molecule has 1 rings (SSSR count). The zero-order valence-corrected chi connectivity index (χ0v) is 12.8. The van der Waals surface area contributed by atoms with E-state index in [1.807, 2.05) is 34.6 Å². The minimum Gasteiger partial charge on any atom is -0.444 e. The molecule has 0 saturated carbocycles. The van der Waals surface area contributed by atoms with Crippen LogP contribution < -0.4 is 10.6 Å². The number of carbonyl (C=O) groups excluding carboxylic acids is 1. The molecule has 1 aliphatic rings. The van der Waals surface area contributed by atoms with E-state index in [0.29, 0.717) is 6.04 Å². The summed E-state index contributed by atoms with van der Waals surface area (Å²) in [5, 5.41) is 6.38. The van der Waals surface area contributed by atoms with Crippen molar-refractivity contribution in [3.63, 3.8) is 0 Å². The van der Waals surface area contributed by atoms with Gasteiger partial charge >= 0.3 is 6.09 Å². The van der Waals surface area contributed by atoms with Crippen LogP contribution in [0.2, 0.25) is 0 Å². The maximum Gasteiger partial charge on any atom is 0.408 e. The fourth-order valence-corrected chi connectivity index (χ4v) is 1.93. The Labute approximate surface area is 116 Å². The van der Waals surface area contributed by atoms with E-state index in [4.69, 9.17) is 9.47 Å². The van der Waals surface area contributed by atoms with Crippen LogP contribution in [0.4, 0.5) is 4.79 Å². The van der Waals surface area contributed by atoms with E-state index >= 15 is 0 Å². The highest BCUT2D eigenvalue weighted by Gasteiger charge is 2.25. The first kappa shape index (κ1) is 16.2. The highest BCUT2D eigenvalue weighted by Crippen LogP contribution is 2.11. The van der Waals surface area contributed by atoms with Crippen LogP contribution in [0.25, 0.3) is 0 Å². The zero-order valence-electron chi connectivity index (χ0n) is 12.8. The van der Waals surface area contributed by atoms with Gasteiger partial charge in [-0.05, 0) is 47.5 Å². The molecule has 19 heavy (non-hydrogen) atoms. The number of hydrogen-bond donors (Lipinski definition) is 2. The Balaban J connectivity index is 2.31. The smallest absolute Gasteiger partial charge is 0.408 e. The van der Waals surface area contributed by atoms with Gasteiger partial charge < -0.3 is 20.1 Å². The molecule has 0 aromatic rings. The Kier molecular flexibility index (Phi) is 5.62. The topological polar surface area (TPSA) is 59.6 Å². The summed E-state index contributed by atoms with van der Waals surface area (Å²) in [5.74, 6) is 0. The number of carbonyl (C=O) groups is 1.